The van der Waals surface area contributed by atoms with E-state index in [4.69, 9.17) is 10.5 Å². The van der Waals surface area contributed by atoms with Crippen LogP contribution in [0.5, 0.6) is 0 Å². The molecule has 1 aliphatic heterocycles. The van der Waals surface area contributed by atoms with Gasteiger partial charge in [0.15, 0.2) is 0 Å². The van der Waals surface area contributed by atoms with Crippen molar-refractivity contribution in [3.63, 3.8) is 0 Å². The summed E-state index contributed by atoms with van der Waals surface area (Å²) in [7, 11) is 1.38. The van der Waals surface area contributed by atoms with Crippen LogP contribution >= 0.6 is 11.8 Å². The molecular formula is C13H18N2O2S. The minimum Gasteiger partial charge on any atom is -0.465 e. The second-order valence-electron chi connectivity index (χ2n) is 4.29. The quantitative estimate of drug-likeness (QED) is 0.649. The number of thioether (sulfide) groups is 1. The van der Waals surface area contributed by atoms with E-state index in [0.717, 1.165) is 24.3 Å². The highest BCUT2D eigenvalue weighted by atomic mass is 32.2. The SMILES string of the molecule is COC(=O)c1cccc(N)c1NC1CCSCC1. The van der Waals surface area contributed by atoms with Crippen LogP contribution in [0.15, 0.2) is 18.2 Å². The maximum atomic E-state index is 11.7. The molecule has 2 rings (SSSR count). The number of carbonyl (C=O) groups excluding carboxylic acids is 1. The lowest BCUT2D eigenvalue weighted by molar-refractivity contribution is 0.0602. The highest BCUT2D eigenvalue weighted by Gasteiger charge is 2.19. The Bertz CT molecular complexity index is 431. The number of esters is 1. The summed E-state index contributed by atoms with van der Waals surface area (Å²) in [5, 5.41) is 3.39. The molecule has 0 radical (unpaired) electrons. The van der Waals surface area contributed by atoms with Crippen LogP contribution in [-0.4, -0.2) is 30.6 Å². The minimum atomic E-state index is -0.352. The molecule has 0 spiro atoms. The molecule has 0 saturated carbocycles. The second-order valence-corrected chi connectivity index (χ2v) is 5.52. The zero-order valence-electron chi connectivity index (χ0n) is 10.4. The van der Waals surface area contributed by atoms with Gasteiger partial charge in [-0.05, 0) is 36.5 Å². The average molecular weight is 266 g/mol. The summed E-state index contributed by atoms with van der Waals surface area (Å²) in [6.45, 7) is 0. The van der Waals surface area contributed by atoms with Gasteiger partial charge in [0.25, 0.3) is 0 Å². The van der Waals surface area contributed by atoms with Crippen molar-refractivity contribution in [2.45, 2.75) is 18.9 Å². The summed E-state index contributed by atoms with van der Waals surface area (Å²) in [6, 6.07) is 5.69. The predicted octanol–water partition coefficient (Wildman–Crippen LogP) is 2.36. The number of anilines is 2. The van der Waals surface area contributed by atoms with Gasteiger partial charge >= 0.3 is 5.97 Å². The molecule has 1 aliphatic rings. The van der Waals surface area contributed by atoms with Crippen molar-refractivity contribution in [2.75, 3.05) is 29.7 Å². The Kier molecular flexibility index (Phi) is 4.36. The molecule has 0 aliphatic carbocycles. The van der Waals surface area contributed by atoms with E-state index in [9.17, 15) is 4.79 Å². The van der Waals surface area contributed by atoms with Crippen LogP contribution in [0.25, 0.3) is 0 Å². The maximum absolute atomic E-state index is 11.7. The number of carbonyl (C=O) groups is 1. The van der Waals surface area contributed by atoms with E-state index in [2.05, 4.69) is 5.32 Å². The van der Waals surface area contributed by atoms with Crippen LogP contribution < -0.4 is 11.1 Å². The normalized spacial score (nSPS) is 16.3. The zero-order valence-corrected chi connectivity index (χ0v) is 11.3. The number of benzene rings is 1. The lowest BCUT2D eigenvalue weighted by atomic mass is 10.1. The Morgan fingerprint density at radius 2 is 2.17 bits per heavy atom. The molecule has 3 N–H and O–H groups in total. The maximum Gasteiger partial charge on any atom is 0.340 e. The van der Waals surface area contributed by atoms with E-state index in [0.29, 0.717) is 23.0 Å². The molecule has 0 amide bonds. The number of hydrogen-bond donors (Lipinski definition) is 2. The monoisotopic (exact) mass is 266 g/mol. The highest BCUT2D eigenvalue weighted by molar-refractivity contribution is 7.99. The van der Waals surface area contributed by atoms with Crippen molar-refractivity contribution in [1.82, 2.24) is 0 Å². The third kappa shape index (κ3) is 2.90. The molecule has 0 atom stereocenters. The Hall–Kier alpha value is -1.36. The topological polar surface area (TPSA) is 64.3 Å². The standard InChI is InChI=1S/C13H18N2O2S/c1-17-13(16)10-3-2-4-11(14)12(10)15-9-5-7-18-8-6-9/h2-4,9,15H,5-8,14H2,1H3. The van der Waals surface area contributed by atoms with Gasteiger partial charge < -0.3 is 15.8 Å². The van der Waals surface area contributed by atoms with E-state index < -0.39 is 0 Å². The van der Waals surface area contributed by atoms with E-state index in [1.807, 2.05) is 11.8 Å². The first-order chi connectivity index (χ1) is 8.72. The molecule has 0 unspecified atom stereocenters. The number of rotatable bonds is 3. The van der Waals surface area contributed by atoms with Crippen molar-refractivity contribution in [1.29, 1.82) is 0 Å². The minimum absolute atomic E-state index is 0.352. The van der Waals surface area contributed by atoms with Gasteiger partial charge in [-0.25, -0.2) is 4.79 Å². The molecule has 1 fully saturated rings. The molecule has 98 valence electrons. The van der Waals surface area contributed by atoms with Crippen LogP contribution in [0.1, 0.15) is 23.2 Å². The van der Waals surface area contributed by atoms with Crippen molar-refractivity contribution >= 4 is 29.1 Å². The smallest absolute Gasteiger partial charge is 0.340 e. The van der Waals surface area contributed by atoms with Gasteiger partial charge in [0, 0.05) is 6.04 Å². The number of nitrogen functional groups attached to an aromatic ring is 1. The van der Waals surface area contributed by atoms with Gasteiger partial charge in [0.2, 0.25) is 0 Å². The summed E-state index contributed by atoms with van der Waals surface area (Å²) in [5.41, 5.74) is 7.77. The third-order valence-corrected chi connectivity index (χ3v) is 4.12. The van der Waals surface area contributed by atoms with Gasteiger partial charge in [-0.3, -0.25) is 0 Å². The van der Waals surface area contributed by atoms with Gasteiger partial charge in [0.1, 0.15) is 0 Å². The second kappa shape index (κ2) is 6.00. The van der Waals surface area contributed by atoms with Crippen molar-refractivity contribution in [3.8, 4) is 0 Å². The Labute approximate surface area is 111 Å². The summed E-state index contributed by atoms with van der Waals surface area (Å²) in [4.78, 5) is 11.7. The summed E-state index contributed by atoms with van der Waals surface area (Å²) >= 11 is 1.97. The predicted molar refractivity (Wildman–Crippen MR) is 76.2 cm³/mol. The van der Waals surface area contributed by atoms with Gasteiger partial charge in [-0.15, -0.1) is 0 Å². The van der Waals surface area contributed by atoms with Crippen LogP contribution in [0.4, 0.5) is 11.4 Å². The summed E-state index contributed by atoms with van der Waals surface area (Å²) in [5.74, 6) is 1.95. The third-order valence-electron chi connectivity index (χ3n) is 3.07. The van der Waals surface area contributed by atoms with Crippen LogP contribution in [0.2, 0.25) is 0 Å². The first kappa shape index (κ1) is 13.1. The van der Waals surface area contributed by atoms with Gasteiger partial charge in [-0.2, -0.15) is 11.8 Å². The fourth-order valence-corrected chi connectivity index (χ4v) is 3.16. The largest absolute Gasteiger partial charge is 0.465 e. The Morgan fingerprint density at radius 1 is 1.44 bits per heavy atom. The first-order valence-electron chi connectivity index (χ1n) is 6.03. The molecular weight excluding hydrogens is 248 g/mol. The zero-order chi connectivity index (χ0) is 13.0. The van der Waals surface area contributed by atoms with E-state index in [1.165, 1.54) is 7.11 Å². The summed E-state index contributed by atoms with van der Waals surface area (Å²) in [6.07, 6.45) is 2.19. The van der Waals surface area contributed by atoms with Crippen molar-refractivity contribution < 1.29 is 9.53 Å². The molecule has 1 heterocycles. The van der Waals surface area contributed by atoms with E-state index in [1.54, 1.807) is 18.2 Å². The molecule has 4 nitrogen and oxygen atoms in total. The number of hydrogen-bond acceptors (Lipinski definition) is 5. The lowest BCUT2D eigenvalue weighted by Crippen LogP contribution is -2.26. The van der Waals surface area contributed by atoms with Crippen molar-refractivity contribution in [2.24, 2.45) is 0 Å². The summed E-state index contributed by atoms with van der Waals surface area (Å²) < 4.78 is 4.78. The Morgan fingerprint density at radius 3 is 2.83 bits per heavy atom. The molecule has 1 saturated heterocycles. The first-order valence-corrected chi connectivity index (χ1v) is 7.19. The molecule has 1 aromatic carbocycles. The molecule has 0 bridgehead atoms. The molecule has 5 heteroatoms. The fourth-order valence-electron chi connectivity index (χ4n) is 2.06. The molecule has 0 aromatic heterocycles. The van der Waals surface area contributed by atoms with Crippen LogP contribution in [0.3, 0.4) is 0 Å². The van der Waals surface area contributed by atoms with Crippen molar-refractivity contribution in [3.05, 3.63) is 23.8 Å². The molecule has 18 heavy (non-hydrogen) atoms. The van der Waals surface area contributed by atoms with E-state index >= 15 is 0 Å². The fraction of sp³-hybridized carbons (Fsp3) is 0.462. The van der Waals surface area contributed by atoms with Crippen LogP contribution in [-0.2, 0) is 4.74 Å². The highest BCUT2D eigenvalue weighted by Crippen LogP contribution is 2.28. The van der Waals surface area contributed by atoms with E-state index in [-0.39, 0.29) is 5.97 Å². The van der Waals surface area contributed by atoms with Crippen LogP contribution in [0, 0.1) is 0 Å². The van der Waals surface area contributed by atoms with Gasteiger partial charge in [0.05, 0.1) is 24.0 Å². The molecule has 1 aromatic rings. The number of nitrogens with one attached hydrogen (secondary N) is 1. The van der Waals surface area contributed by atoms with Gasteiger partial charge in [-0.1, -0.05) is 6.07 Å². The number of nitrogens with two attached hydrogens (primary N) is 1. The average Bonchev–Trinajstić information content (AvgIpc) is 2.41. The number of ether oxygens (including phenoxy) is 1. The number of methoxy groups -OCH3 is 1. The number of para-hydroxylation sites is 1. The Balaban J connectivity index is 2.21. The lowest BCUT2D eigenvalue weighted by Gasteiger charge is -2.25.